The monoisotopic (exact) mass is 593 g/mol. The minimum atomic E-state index is -4.33. The summed E-state index contributed by atoms with van der Waals surface area (Å²) in [6.45, 7) is 4.29. The number of nitrogens with one attached hydrogen (secondary N) is 1. The predicted molar refractivity (Wildman–Crippen MR) is 154 cm³/mol. The highest BCUT2D eigenvalue weighted by Gasteiger charge is 2.40. The van der Waals surface area contributed by atoms with Gasteiger partial charge in [-0.15, -0.1) is 0 Å². The van der Waals surface area contributed by atoms with E-state index < -0.39 is 37.4 Å². The largest absolute Gasteiger partial charge is 0.453 e. The fourth-order valence-electron chi connectivity index (χ4n) is 5.87. The van der Waals surface area contributed by atoms with Crippen molar-refractivity contribution in [2.24, 2.45) is 0 Å². The van der Waals surface area contributed by atoms with Crippen LogP contribution in [0, 0.1) is 5.41 Å². The molecule has 3 aliphatic rings. The summed E-state index contributed by atoms with van der Waals surface area (Å²) in [6, 6.07) is 18.6. The Labute approximate surface area is 236 Å². The van der Waals surface area contributed by atoms with Crippen LogP contribution in [0.1, 0.15) is 37.3 Å². The molecule has 6 rings (SSSR count). The quantitative estimate of drug-likeness (QED) is 0.145. The number of rotatable bonds is 5. The Morgan fingerprint density at radius 3 is 2.34 bits per heavy atom. The molecular weight excluding hydrogens is 566 g/mol. The maximum absolute atomic E-state index is 12.0. The number of aromatic nitrogens is 1. The summed E-state index contributed by atoms with van der Waals surface area (Å²) in [4.78, 5) is 6.75. The first-order valence-corrected chi connectivity index (χ1v) is 15.9. The third-order valence-electron chi connectivity index (χ3n) is 7.72. The van der Waals surface area contributed by atoms with Crippen LogP contribution in [0.2, 0.25) is 0 Å². The molecule has 1 unspecified atom stereocenters. The van der Waals surface area contributed by atoms with Crippen LogP contribution in [0.25, 0.3) is 33.3 Å². The van der Waals surface area contributed by atoms with E-state index >= 15 is 0 Å². The molecule has 2 heterocycles. The molecule has 1 atom stereocenters. The molecular formula is C29H27N3O7S2. The van der Waals surface area contributed by atoms with E-state index in [0.29, 0.717) is 52.1 Å². The molecule has 0 saturated heterocycles. The van der Waals surface area contributed by atoms with Gasteiger partial charge in [0.1, 0.15) is 11.2 Å². The normalized spacial score (nSPS) is 17.3. The maximum atomic E-state index is 12.0. The van der Waals surface area contributed by atoms with Crippen molar-refractivity contribution in [2.75, 3.05) is 10.7 Å². The van der Waals surface area contributed by atoms with Crippen LogP contribution in [0.15, 0.2) is 76.0 Å². The summed E-state index contributed by atoms with van der Waals surface area (Å²) in [7, 11) is -8.63. The van der Waals surface area contributed by atoms with Gasteiger partial charge in [0.2, 0.25) is 0 Å². The van der Waals surface area contributed by atoms with E-state index in [9.17, 15) is 25.9 Å². The molecule has 0 amide bonds. The van der Waals surface area contributed by atoms with Gasteiger partial charge >= 0.3 is 0 Å². The minimum Gasteiger partial charge on any atom is -0.453 e. The van der Waals surface area contributed by atoms with Gasteiger partial charge in [0.15, 0.2) is 11.3 Å². The van der Waals surface area contributed by atoms with Crippen molar-refractivity contribution in [1.82, 2.24) is 4.98 Å². The molecule has 0 saturated carbocycles. The minimum absolute atomic E-state index is 0.211. The Balaban J connectivity index is 1.55. The molecule has 2 aliphatic heterocycles. The Kier molecular flexibility index (Phi) is 6.23. The number of fused-ring (bicyclic) bond motifs is 5. The highest BCUT2D eigenvalue weighted by atomic mass is 32.2. The fourth-order valence-corrected chi connectivity index (χ4v) is 7.16. The highest BCUT2D eigenvalue weighted by molar-refractivity contribution is 7.86. The summed E-state index contributed by atoms with van der Waals surface area (Å²) in [5.41, 5.74) is 3.11. The van der Waals surface area contributed by atoms with Crippen LogP contribution >= 0.6 is 0 Å². The Morgan fingerprint density at radius 2 is 1.68 bits per heavy atom. The molecule has 3 N–H and O–H groups in total. The first-order chi connectivity index (χ1) is 19.2. The predicted octanol–water partition coefficient (Wildman–Crippen LogP) is 4.97. The zero-order valence-electron chi connectivity index (χ0n) is 22.2. The third kappa shape index (κ3) is 5.08. The van der Waals surface area contributed by atoms with Gasteiger partial charge in [0, 0.05) is 46.6 Å². The highest BCUT2D eigenvalue weighted by Crippen LogP contribution is 2.47. The third-order valence-corrected chi connectivity index (χ3v) is 9.41. The zero-order chi connectivity index (χ0) is 29.3. The van der Waals surface area contributed by atoms with E-state index in [1.54, 1.807) is 30.3 Å². The van der Waals surface area contributed by atoms with E-state index in [-0.39, 0.29) is 4.90 Å². The van der Waals surface area contributed by atoms with Crippen LogP contribution in [-0.2, 0) is 26.8 Å². The van der Waals surface area contributed by atoms with Gasteiger partial charge in [-0.1, -0.05) is 36.4 Å². The van der Waals surface area contributed by atoms with Crippen molar-refractivity contribution >= 4 is 47.8 Å². The van der Waals surface area contributed by atoms with Crippen LogP contribution in [0.3, 0.4) is 0 Å². The van der Waals surface area contributed by atoms with Crippen molar-refractivity contribution < 1.29 is 30.4 Å². The van der Waals surface area contributed by atoms with Gasteiger partial charge in [-0.05, 0) is 49.6 Å². The van der Waals surface area contributed by atoms with Crippen molar-refractivity contribution in [3.63, 3.8) is 0 Å². The lowest BCUT2D eigenvalue weighted by molar-refractivity contribution is 0.370. The lowest BCUT2D eigenvalue weighted by atomic mass is 9.79. The SMILES string of the molecule is CC1(C)CC(CS(=O)(=O)O)c2cc3nc4c5ccccc5c(=N)cc-4oc3cc2N1Cc1ccc(S(=O)(=O)O)cc1. The van der Waals surface area contributed by atoms with E-state index in [1.165, 1.54) is 12.1 Å². The lowest BCUT2D eigenvalue weighted by Gasteiger charge is -2.48. The van der Waals surface area contributed by atoms with Gasteiger partial charge in [-0.2, -0.15) is 16.8 Å². The number of hydrogen-bond donors (Lipinski definition) is 3. The van der Waals surface area contributed by atoms with Crippen LogP contribution < -0.4 is 10.3 Å². The van der Waals surface area contributed by atoms with E-state index in [0.717, 1.165) is 16.3 Å². The smallest absolute Gasteiger partial charge is 0.294 e. The molecule has 0 radical (unpaired) electrons. The second-order valence-electron chi connectivity index (χ2n) is 11.1. The van der Waals surface area contributed by atoms with Gasteiger partial charge in [-0.25, -0.2) is 4.98 Å². The van der Waals surface area contributed by atoms with E-state index in [1.807, 2.05) is 38.1 Å². The van der Waals surface area contributed by atoms with Gasteiger partial charge in [-0.3, -0.25) is 9.11 Å². The summed E-state index contributed by atoms with van der Waals surface area (Å²) >= 11 is 0. The van der Waals surface area contributed by atoms with E-state index in [4.69, 9.17) is 14.8 Å². The Hall–Kier alpha value is -3.84. The first-order valence-electron chi connectivity index (χ1n) is 12.8. The van der Waals surface area contributed by atoms with Crippen LogP contribution in [0.4, 0.5) is 5.69 Å². The molecule has 212 valence electrons. The van der Waals surface area contributed by atoms with Crippen molar-refractivity contribution in [3.05, 3.63) is 83.2 Å². The molecule has 0 fully saturated rings. The topological polar surface area (TPSA) is 162 Å². The summed E-state index contributed by atoms with van der Waals surface area (Å²) in [6.07, 6.45) is 0.407. The molecule has 12 heteroatoms. The zero-order valence-corrected chi connectivity index (χ0v) is 23.8. The number of anilines is 1. The maximum Gasteiger partial charge on any atom is 0.294 e. The van der Waals surface area contributed by atoms with Gasteiger partial charge in [0.25, 0.3) is 20.2 Å². The van der Waals surface area contributed by atoms with Gasteiger partial charge in [0.05, 0.1) is 16.0 Å². The van der Waals surface area contributed by atoms with Gasteiger partial charge < -0.3 is 14.7 Å². The standard InChI is InChI=1S/C29H27N3O7S2/c1-29(2)14-18(16-40(33,34)35)22-11-24-26(39-27-12-23(30)20-5-3-4-6-21(20)28(27)31-24)13-25(22)32(29)15-17-7-9-19(10-8-17)41(36,37)38/h3-13,18,30H,14-16H2,1-2H3,(H,33,34,35)(H,36,37,38). The summed E-state index contributed by atoms with van der Waals surface area (Å²) < 4.78 is 72.5. The van der Waals surface area contributed by atoms with Crippen molar-refractivity contribution in [3.8, 4) is 11.5 Å². The molecule has 1 aliphatic carbocycles. The number of nitrogens with zero attached hydrogens (tertiary/aromatic N) is 2. The first kappa shape index (κ1) is 27.3. The van der Waals surface area contributed by atoms with Crippen LogP contribution in [-0.4, -0.2) is 42.2 Å². The van der Waals surface area contributed by atoms with Crippen LogP contribution in [0.5, 0.6) is 0 Å². The summed E-state index contributed by atoms with van der Waals surface area (Å²) in [5, 5.41) is 10.3. The number of benzene rings is 4. The second-order valence-corrected chi connectivity index (χ2v) is 14.0. The van der Waals surface area contributed by atoms with Crippen molar-refractivity contribution in [1.29, 1.82) is 5.41 Å². The molecule has 0 spiro atoms. The fraction of sp³-hybridized carbons (Fsp3) is 0.241. The second kappa shape index (κ2) is 9.35. The molecule has 10 nitrogen and oxygen atoms in total. The molecule has 41 heavy (non-hydrogen) atoms. The van der Waals surface area contributed by atoms with E-state index in [2.05, 4.69) is 4.90 Å². The number of hydrogen-bond acceptors (Lipinski definition) is 8. The molecule has 0 aromatic heterocycles. The molecule has 0 bridgehead atoms. The molecule has 3 aromatic carbocycles. The Bertz CT molecular complexity index is 2090. The molecule has 3 aromatic rings. The van der Waals surface area contributed by atoms with Crippen molar-refractivity contribution in [2.45, 2.75) is 43.2 Å². The average Bonchev–Trinajstić information content (AvgIpc) is 2.88. The Morgan fingerprint density at radius 1 is 1.00 bits per heavy atom. The lowest BCUT2D eigenvalue weighted by Crippen LogP contribution is -2.49. The summed E-state index contributed by atoms with van der Waals surface area (Å²) in [5.74, 6) is -0.540. The average molecular weight is 594 g/mol.